The van der Waals surface area contributed by atoms with E-state index in [1.165, 1.54) is 0 Å². The number of hydrogen-bond donors (Lipinski definition) is 1. The molecule has 1 aliphatic rings. The van der Waals surface area contributed by atoms with Crippen LogP contribution in [0.15, 0.2) is 18.3 Å². The highest BCUT2D eigenvalue weighted by atomic mass is 35.5. The minimum absolute atomic E-state index is 0.0362. The van der Waals surface area contributed by atoms with Crippen molar-refractivity contribution in [2.24, 2.45) is 5.92 Å². The lowest BCUT2D eigenvalue weighted by Crippen LogP contribution is -2.25. The van der Waals surface area contributed by atoms with E-state index < -0.39 is 0 Å². The van der Waals surface area contributed by atoms with E-state index in [0.29, 0.717) is 24.7 Å². The zero-order chi connectivity index (χ0) is 11.5. The molecule has 16 heavy (non-hydrogen) atoms. The van der Waals surface area contributed by atoms with Crippen LogP contribution in [0.4, 0.5) is 5.82 Å². The predicted molar refractivity (Wildman–Crippen MR) is 61.3 cm³/mol. The van der Waals surface area contributed by atoms with Gasteiger partial charge in [-0.3, -0.25) is 9.69 Å². The van der Waals surface area contributed by atoms with Crippen molar-refractivity contribution in [3.05, 3.63) is 23.9 Å². The Labute approximate surface area is 98.9 Å². The van der Waals surface area contributed by atoms with Crippen molar-refractivity contribution in [3.8, 4) is 0 Å². The highest BCUT2D eigenvalue weighted by Gasteiger charge is 2.30. The summed E-state index contributed by atoms with van der Waals surface area (Å²) >= 11 is 5.74. The summed E-state index contributed by atoms with van der Waals surface area (Å²) in [6.45, 7) is 0.597. The summed E-state index contributed by atoms with van der Waals surface area (Å²) in [6, 6.07) is 3.52. The highest BCUT2D eigenvalue weighted by Crippen LogP contribution is 2.24. The molecule has 0 aromatic carbocycles. The number of nitrogens with zero attached hydrogens (tertiary/aromatic N) is 2. The van der Waals surface area contributed by atoms with Gasteiger partial charge in [-0.15, -0.1) is 11.6 Å². The van der Waals surface area contributed by atoms with E-state index in [0.717, 1.165) is 5.56 Å². The summed E-state index contributed by atoms with van der Waals surface area (Å²) in [7, 11) is 0. The van der Waals surface area contributed by atoms with Gasteiger partial charge < -0.3 is 5.11 Å². The number of amides is 1. The van der Waals surface area contributed by atoms with Crippen LogP contribution in [0, 0.1) is 5.92 Å². The zero-order valence-corrected chi connectivity index (χ0v) is 9.52. The van der Waals surface area contributed by atoms with Crippen LogP contribution in [0.1, 0.15) is 12.0 Å². The summed E-state index contributed by atoms with van der Waals surface area (Å²) in [6.07, 6.45) is 2.07. The van der Waals surface area contributed by atoms with Crippen molar-refractivity contribution in [2.75, 3.05) is 17.3 Å². The Hall–Kier alpha value is -1.13. The average Bonchev–Trinajstić information content (AvgIpc) is 2.71. The monoisotopic (exact) mass is 240 g/mol. The van der Waals surface area contributed by atoms with Crippen LogP contribution in [0.2, 0.25) is 0 Å². The van der Waals surface area contributed by atoms with Crippen LogP contribution in [0.25, 0.3) is 0 Å². The third kappa shape index (κ3) is 2.18. The first-order valence-electron chi connectivity index (χ1n) is 5.16. The van der Waals surface area contributed by atoms with Gasteiger partial charge in [-0.25, -0.2) is 4.98 Å². The van der Waals surface area contributed by atoms with Gasteiger partial charge in [-0.2, -0.15) is 0 Å². The van der Waals surface area contributed by atoms with E-state index in [1.807, 2.05) is 0 Å². The molecular weight excluding hydrogens is 228 g/mol. The molecule has 2 heterocycles. The van der Waals surface area contributed by atoms with Gasteiger partial charge in [0.05, 0.1) is 6.61 Å². The van der Waals surface area contributed by atoms with Gasteiger partial charge in [0.25, 0.3) is 0 Å². The first-order chi connectivity index (χ1) is 7.74. The van der Waals surface area contributed by atoms with Crippen LogP contribution in [0.3, 0.4) is 0 Å². The fourth-order valence-electron chi connectivity index (χ4n) is 1.78. The predicted octanol–water partition coefficient (Wildman–Crippen LogP) is 1.17. The Kier molecular flexibility index (Phi) is 3.41. The molecule has 1 atom stereocenters. The normalized spacial score (nSPS) is 20.5. The number of rotatable bonds is 3. The maximum absolute atomic E-state index is 11.7. The molecule has 1 unspecified atom stereocenters. The molecule has 0 saturated carbocycles. The molecule has 0 radical (unpaired) electrons. The maximum atomic E-state index is 11.7. The van der Waals surface area contributed by atoms with E-state index in [-0.39, 0.29) is 18.4 Å². The van der Waals surface area contributed by atoms with Gasteiger partial charge in [0.15, 0.2) is 0 Å². The second-order valence-corrected chi connectivity index (χ2v) is 4.22. The van der Waals surface area contributed by atoms with E-state index in [1.54, 1.807) is 23.2 Å². The molecular formula is C11H13ClN2O2. The van der Waals surface area contributed by atoms with Gasteiger partial charge in [0.2, 0.25) is 5.91 Å². The van der Waals surface area contributed by atoms with E-state index in [2.05, 4.69) is 4.98 Å². The van der Waals surface area contributed by atoms with Gasteiger partial charge in [-0.05, 0) is 17.5 Å². The first-order valence-corrected chi connectivity index (χ1v) is 5.70. The van der Waals surface area contributed by atoms with Crippen LogP contribution < -0.4 is 4.90 Å². The Morgan fingerprint density at radius 3 is 2.88 bits per heavy atom. The number of hydrogen-bond acceptors (Lipinski definition) is 3. The molecule has 4 nitrogen and oxygen atoms in total. The lowest BCUT2D eigenvalue weighted by atomic mass is 10.1. The van der Waals surface area contributed by atoms with Gasteiger partial charge in [0.1, 0.15) is 5.82 Å². The minimum Gasteiger partial charge on any atom is -0.392 e. The smallest absolute Gasteiger partial charge is 0.228 e. The largest absolute Gasteiger partial charge is 0.392 e. The van der Waals surface area contributed by atoms with Gasteiger partial charge >= 0.3 is 0 Å². The Balaban J connectivity index is 2.15. The molecule has 0 aliphatic carbocycles. The molecule has 86 valence electrons. The number of pyridine rings is 1. The highest BCUT2D eigenvalue weighted by molar-refractivity contribution is 6.18. The van der Waals surface area contributed by atoms with Gasteiger partial charge in [0, 0.05) is 25.0 Å². The number of halogens is 1. The molecule has 1 N–H and O–H groups in total. The van der Waals surface area contributed by atoms with E-state index >= 15 is 0 Å². The van der Waals surface area contributed by atoms with E-state index in [4.69, 9.17) is 16.7 Å². The quantitative estimate of drug-likeness (QED) is 0.807. The number of carbonyl (C=O) groups excluding carboxylic acids is 1. The standard InChI is InChI=1S/C11H13ClN2O2/c12-4-9-3-11(16)14(6-9)10-2-1-8(7-15)5-13-10/h1-2,5,9,15H,3-4,6-7H2. The van der Waals surface area contributed by atoms with Crippen molar-refractivity contribution in [1.82, 2.24) is 4.98 Å². The number of aromatic nitrogens is 1. The second-order valence-electron chi connectivity index (χ2n) is 3.91. The summed E-state index contributed by atoms with van der Waals surface area (Å²) in [5, 5.41) is 8.89. The average molecular weight is 241 g/mol. The molecule has 0 spiro atoms. The third-order valence-electron chi connectivity index (χ3n) is 2.69. The SMILES string of the molecule is O=C1CC(CCl)CN1c1ccc(CO)cn1. The Bertz CT molecular complexity index is 380. The fraction of sp³-hybridized carbons (Fsp3) is 0.455. The van der Waals surface area contributed by atoms with Crippen LogP contribution in [-0.2, 0) is 11.4 Å². The van der Waals surface area contributed by atoms with Gasteiger partial charge in [-0.1, -0.05) is 6.07 Å². The summed E-state index contributed by atoms with van der Waals surface area (Å²) in [4.78, 5) is 17.5. The number of alkyl halides is 1. The number of aliphatic hydroxyl groups is 1. The molecule has 1 fully saturated rings. The molecule has 5 heteroatoms. The maximum Gasteiger partial charge on any atom is 0.228 e. The first kappa shape index (κ1) is 11.4. The molecule has 1 aromatic rings. The zero-order valence-electron chi connectivity index (χ0n) is 8.77. The molecule has 1 saturated heterocycles. The lowest BCUT2D eigenvalue weighted by Gasteiger charge is -2.15. The lowest BCUT2D eigenvalue weighted by molar-refractivity contribution is -0.117. The summed E-state index contributed by atoms with van der Waals surface area (Å²) in [5.41, 5.74) is 0.740. The molecule has 1 amide bonds. The van der Waals surface area contributed by atoms with Crippen LogP contribution >= 0.6 is 11.6 Å². The van der Waals surface area contributed by atoms with Crippen molar-refractivity contribution >= 4 is 23.3 Å². The van der Waals surface area contributed by atoms with Crippen molar-refractivity contribution in [3.63, 3.8) is 0 Å². The van der Waals surface area contributed by atoms with Crippen molar-refractivity contribution in [1.29, 1.82) is 0 Å². The molecule has 1 aliphatic heterocycles. The molecule has 0 bridgehead atoms. The van der Waals surface area contributed by atoms with Crippen molar-refractivity contribution in [2.45, 2.75) is 13.0 Å². The third-order valence-corrected chi connectivity index (χ3v) is 3.13. The fourth-order valence-corrected chi connectivity index (χ4v) is 1.98. The minimum atomic E-state index is -0.0362. The summed E-state index contributed by atoms with van der Waals surface area (Å²) in [5.74, 6) is 1.41. The van der Waals surface area contributed by atoms with Crippen LogP contribution in [0.5, 0.6) is 0 Å². The second kappa shape index (κ2) is 4.80. The summed E-state index contributed by atoms with van der Waals surface area (Å²) < 4.78 is 0. The number of aliphatic hydroxyl groups excluding tert-OH is 1. The topological polar surface area (TPSA) is 53.4 Å². The Morgan fingerprint density at radius 1 is 1.56 bits per heavy atom. The van der Waals surface area contributed by atoms with Crippen LogP contribution in [-0.4, -0.2) is 28.4 Å². The Morgan fingerprint density at radius 2 is 2.38 bits per heavy atom. The van der Waals surface area contributed by atoms with E-state index in [9.17, 15) is 4.79 Å². The van der Waals surface area contributed by atoms with Crippen molar-refractivity contribution < 1.29 is 9.90 Å². The molecule has 2 rings (SSSR count). The molecule has 1 aromatic heterocycles. The number of anilines is 1. The number of carbonyl (C=O) groups is 1.